The first kappa shape index (κ1) is 23.8. The van der Waals surface area contributed by atoms with E-state index < -0.39 is 11.7 Å². The molecule has 0 bridgehead atoms. The topological polar surface area (TPSA) is 61.8 Å². The van der Waals surface area contributed by atoms with Crippen molar-refractivity contribution in [1.29, 1.82) is 0 Å². The van der Waals surface area contributed by atoms with Crippen LogP contribution in [0.5, 0.6) is 0 Å². The summed E-state index contributed by atoms with van der Waals surface area (Å²) in [7, 11) is 0. The average Bonchev–Trinajstić information content (AvgIpc) is 2.50. The van der Waals surface area contributed by atoms with Crippen molar-refractivity contribution in [1.82, 2.24) is 0 Å². The summed E-state index contributed by atoms with van der Waals surface area (Å²) in [6, 6.07) is 0. The summed E-state index contributed by atoms with van der Waals surface area (Å²) in [5, 5.41) is 0. The van der Waals surface area contributed by atoms with Gasteiger partial charge in [0, 0.05) is 17.3 Å². The molecule has 1 fully saturated rings. The SMILES string of the molecule is C=C.CC(=O)CCC(=O)OCC(C)(C)C1OC(C)C(C)(C)C(C)(C)O1. The molecule has 0 aromatic heterocycles. The molecule has 146 valence electrons. The van der Waals surface area contributed by atoms with E-state index >= 15 is 0 Å². The van der Waals surface area contributed by atoms with Gasteiger partial charge in [0.05, 0.1) is 18.1 Å². The summed E-state index contributed by atoms with van der Waals surface area (Å²) in [6.45, 7) is 22.0. The Kier molecular flexibility index (Phi) is 8.52. The molecule has 2 unspecified atom stereocenters. The molecule has 0 aliphatic carbocycles. The van der Waals surface area contributed by atoms with Crippen LogP contribution < -0.4 is 0 Å². The lowest BCUT2D eigenvalue weighted by Crippen LogP contribution is -2.60. The Morgan fingerprint density at radius 3 is 2.08 bits per heavy atom. The van der Waals surface area contributed by atoms with Crippen LogP contribution in [0.25, 0.3) is 0 Å². The van der Waals surface area contributed by atoms with Crippen molar-refractivity contribution >= 4 is 11.8 Å². The van der Waals surface area contributed by atoms with E-state index in [1.165, 1.54) is 6.92 Å². The summed E-state index contributed by atoms with van der Waals surface area (Å²) < 4.78 is 17.6. The van der Waals surface area contributed by atoms with Crippen LogP contribution in [0.3, 0.4) is 0 Å². The zero-order valence-corrected chi connectivity index (χ0v) is 17.2. The molecule has 0 saturated carbocycles. The standard InChI is InChI=1S/C18H32O5.C2H4/c1-12(19)9-10-14(20)21-11-16(3,4)15-22-13(2)17(5,6)18(7,8)23-15;1-2/h13,15H,9-11H2,1-8H3;1-2H2. The number of Topliss-reactive ketones (excluding diaryl/α,β-unsaturated/α-hetero) is 1. The maximum Gasteiger partial charge on any atom is 0.306 e. The number of carbonyl (C=O) groups excluding carboxylic acids is 2. The molecular weight excluding hydrogens is 320 g/mol. The smallest absolute Gasteiger partial charge is 0.306 e. The van der Waals surface area contributed by atoms with Gasteiger partial charge in [0.15, 0.2) is 6.29 Å². The lowest BCUT2D eigenvalue weighted by molar-refractivity contribution is -0.352. The minimum absolute atomic E-state index is 0.0158. The zero-order chi connectivity index (χ0) is 20.1. The van der Waals surface area contributed by atoms with Gasteiger partial charge < -0.3 is 19.0 Å². The third kappa shape index (κ3) is 6.23. The van der Waals surface area contributed by atoms with Crippen LogP contribution in [0.4, 0.5) is 0 Å². The minimum Gasteiger partial charge on any atom is -0.465 e. The van der Waals surface area contributed by atoms with Gasteiger partial charge in [-0.1, -0.05) is 27.7 Å². The fourth-order valence-electron chi connectivity index (χ4n) is 2.32. The van der Waals surface area contributed by atoms with E-state index in [1.807, 2.05) is 20.8 Å². The highest BCUT2D eigenvalue weighted by atomic mass is 16.7. The van der Waals surface area contributed by atoms with Gasteiger partial charge in [-0.05, 0) is 27.7 Å². The van der Waals surface area contributed by atoms with Crippen molar-refractivity contribution < 1.29 is 23.8 Å². The molecule has 1 saturated heterocycles. The minimum atomic E-state index is -0.478. The molecule has 5 nitrogen and oxygen atoms in total. The predicted octanol–water partition coefficient (Wildman–Crippen LogP) is 4.29. The third-order valence-electron chi connectivity index (χ3n) is 5.22. The molecule has 0 spiro atoms. The second-order valence-corrected chi connectivity index (χ2v) is 8.31. The summed E-state index contributed by atoms with van der Waals surface area (Å²) in [5.41, 5.74) is -0.961. The van der Waals surface area contributed by atoms with E-state index in [0.29, 0.717) is 0 Å². The first-order valence-electron chi connectivity index (χ1n) is 8.78. The highest BCUT2D eigenvalue weighted by Crippen LogP contribution is 2.46. The maximum absolute atomic E-state index is 11.7. The second-order valence-electron chi connectivity index (χ2n) is 8.31. The van der Waals surface area contributed by atoms with Crippen LogP contribution >= 0.6 is 0 Å². The Balaban J connectivity index is 0.00000277. The molecule has 0 amide bonds. The van der Waals surface area contributed by atoms with Crippen LogP contribution in [0.15, 0.2) is 13.2 Å². The quantitative estimate of drug-likeness (QED) is 0.525. The van der Waals surface area contributed by atoms with Gasteiger partial charge in [-0.15, -0.1) is 13.2 Å². The molecule has 1 rings (SSSR count). The van der Waals surface area contributed by atoms with E-state index in [9.17, 15) is 9.59 Å². The lowest BCUT2D eigenvalue weighted by atomic mass is 9.71. The van der Waals surface area contributed by atoms with Gasteiger partial charge in [-0.2, -0.15) is 0 Å². The monoisotopic (exact) mass is 356 g/mol. The lowest BCUT2D eigenvalue weighted by Gasteiger charge is -2.54. The molecule has 0 aromatic rings. The van der Waals surface area contributed by atoms with E-state index in [0.717, 1.165) is 0 Å². The molecule has 0 radical (unpaired) electrons. The molecule has 25 heavy (non-hydrogen) atoms. The molecule has 0 N–H and O–H groups in total. The fourth-order valence-corrected chi connectivity index (χ4v) is 2.32. The third-order valence-corrected chi connectivity index (χ3v) is 5.22. The zero-order valence-electron chi connectivity index (χ0n) is 17.2. The predicted molar refractivity (Wildman–Crippen MR) is 99.2 cm³/mol. The molecular formula is C20H36O5. The van der Waals surface area contributed by atoms with Crippen molar-refractivity contribution in [2.75, 3.05) is 6.61 Å². The number of hydrogen-bond acceptors (Lipinski definition) is 5. The summed E-state index contributed by atoms with van der Waals surface area (Å²) in [6.07, 6.45) is -0.106. The first-order valence-corrected chi connectivity index (χ1v) is 8.78. The Bertz CT molecular complexity index is 465. The van der Waals surface area contributed by atoms with E-state index in [1.54, 1.807) is 0 Å². The van der Waals surface area contributed by atoms with Gasteiger partial charge >= 0.3 is 5.97 Å². The van der Waals surface area contributed by atoms with Crippen LogP contribution in [-0.4, -0.2) is 36.4 Å². The molecule has 0 aromatic carbocycles. The van der Waals surface area contributed by atoms with E-state index in [4.69, 9.17) is 14.2 Å². The van der Waals surface area contributed by atoms with E-state index in [-0.39, 0.29) is 48.3 Å². The van der Waals surface area contributed by atoms with Gasteiger partial charge in [-0.25, -0.2) is 0 Å². The fraction of sp³-hybridized carbons (Fsp3) is 0.800. The van der Waals surface area contributed by atoms with Crippen molar-refractivity contribution in [3.8, 4) is 0 Å². The van der Waals surface area contributed by atoms with Gasteiger partial charge in [0.25, 0.3) is 0 Å². The Morgan fingerprint density at radius 1 is 1.12 bits per heavy atom. The Labute approximate surface area is 153 Å². The van der Waals surface area contributed by atoms with Crippen LogP contribution in [0.2, 0.25) is 0 Å². The number of rotatable bonds is 6. The maximum atomic E-state index is 11.7. The summed E-state index contributed by atoms with van der Waals surface area (Å²) in [4.78, 5) is 22.6. The number of esters is 1. The molecule has 1 heterocycles. The van der Waals surface area contributed by atoms with Crippen LogP contribution in [0, 0.1) is 10.8 Å². The number of ketones is 1. The Hall–Kier alpha value is -1.20. The van der Waals surface area contributed by atoms with Crippen LogP contribution in [-0.2, 0) is 23.8 Å². The largest absolute Gasteiger partial charge is 0.465 e. The van der Waals surface area contributed by atoms with Gasteiger partial charge in [-0.3, -0.25) is 4.79 Å². The molecule has 1 aliphatic heterocycles. The number of hydrogen-bond donors (Lipinski definition) is 0. The Morgan fingerprint density at radius 2 is 1.64 bits per heavy atom. The molecule has 2 atom stereocenters. The molecule has 1 aliphatic rings. The number of carbonyl (C=O) groups is 2. The van der Waals surface area contributed by atoms with Crippen molar-refractivity contribution in [3.05, 3.63) is 13.2 Å². The van der Waals surface area contributed by atoms with Gasteiger partial charge in [0.2, 0.25) is 0 Å². The number of ether oxygens (including phenoxy) is 3. The highest BCUT2D eigenvalue weighted by Gasteiger charge is 2.52. The average molecular weight is 357 g/mol. The summed E-state index contributed by atoms with van der Waals surface area (Å²) in [5.74, 6) is -0.380. The van der Waals surface area contributed by atoms with Crippen molar-refractivity contribution in [2.45, 2.75) is 86.2 Å². The highest BCUT2D eigenvalue weighted by molar-refractivity contribution is 5.80. The summed E-state index contributed by atoms with van der Waals surface area (Å²) >= 11 is 0. The second kappa shape index (κ2) is 8.95. The normalized spacial score (nSPS) is 24.6. The first-order chi connectivity index (χ1) is 11.3. The van der Waals surface area contributed by atoms with Crippen LogP contribution in [0.1, 0.15) is 68.2 Å². The van der Waals surface area contributed by atoms with Gasteiger partial charge in [0.1, 0.15) is 12.4 Å². The van der Waals surface area contributed by atoms with Crippen molar-refractivity contribution in [3.63, 3.8) is 0 Å². The molecule has 5 heteroatoms. The van der Waals surface area contributed by atoms with E-state index in [2.05, 4.69) is 40.9 Å². The van der Waals surface area contributed by atoms with Crippen molar-refractivity contribution in [2.24, 2.45) is 10.8 Å².